The molecule has 1 aromatic rings. The number of hydrogen-bond donors (Lipinski definition) is 1. The maximum absolute atomic E-state index is 6.03. The van der Waals surface area contributed by atoms with Crippen LogP contribution >= 0.6 is 23.4 Å². The average molecular weight is 288 g/mol. The van der Waals surface area contributed by atoms with Gasteiger partial charge in [0.2, 0.25) is 0 Å². The zero-order valence-corrected chi connectivity index (χ0v) is 12.8. The minimum atomic E-state index is 0.565. The molecule has 0 aromatic carbocycles. The van der Waals surface area contributed by atoms with Gasteiger partial charge in [-0.15, -0.1) is 0 Å². The SMILES string of the molecule is CCc1c(Cl)ncnc1NCCCCCCSC. The molecule has 0 aliphatic heterocycles. The van der Waals surface area contributed by atoms with E-state index in [2.05, 4.69) is 28.5 Å². The Labute approximate surface area is 119 Å². The van der Waals surface area contributed by atoms with E-state index in [9.17, 15) is 0 Å². The minimum Gasteiger partial charge on any atom is -0.370 e. The molecular weight excluding hydrogens is 266 g/mol. The van der Waals surface area contributed by atoms with E-state index in [0.717, 1.165) is 24.3 Å². The molecule has 0 spiro atoms. The van der Waals surface area contributed by atoms with E-state index >= 15 is 0 Å². The summed E-state index contributed by atoms with van der Waals surface area (Å²) in [4.78, 5) is 8.25. The summed E-state index contributed by atoms with van der Waals surface area (Å²) in [6.07, 6.45) is 9.62. The van der Waals surface area contributed by atoms with Crippen LogP contribution in [-0.4, -0.2) is 28.5 Å². The van der Waals surface area contributed by atoms with Gasteiger partial charge in [0.05, 0.1) is 0 Å². The fourth-order valence-electron chi connectivity index (χ4n) is 1.79. The molecule has 1 heterocycles. The van der Waals surface area contributed by atoms with Crippen LogP contribution in [0.25, 0.3) is 0 Å². The Hall–Kier alpha value is -0.480. The van der Waals surface area contributed by atoms with Gasteiger partial charge in [-0.05, 0) is 31.3 Å². The highest BCUT2D eigenvalue weighted by atomic mass is 35.5. The zero-order valence-electron chi connectivity index (χ0n) is 11.2. The summed E-state index contributed by atoms with van der Waals surface area (Å²) in [7, 11) is 0. The van der Waals surface area contributed by atoms with Crippen LogP contribution in [0.3, 0.4) is 0 Å². The van der Waals surface area contributed by atoms with Gasteiger partial charge >= 0.3 is 0 Å². The summed E-state index contributed by atoms with van der Waals surface area (Å²) in [6, 6.07) is 0. The number of nitrogens with zero attached hydrogens (tertiary/aromatic N) is 2. The lowest BCUT2D eigenvalue weighted by Gasteiger charge is -2.10. The van der Waals surface area contributed by atoms with E-state index in [4.69, 9.17) is 11.6 Å². The maximum atomic E-state index is 6.03. The Morgan fingerprint density at radius 3 is 2.72 bits per heavy atom. The number of nitrogens with one attached hydrogen (secondary N) is 1. The molecule has 0 aliphatic rings. The van der Waals surface area contributed by atoms with Gasteiger partial charge in [0.1, 0.15) is 17.3 Å². The van der Waals surface area contributed by atoms with Gasteiger partial charge in [0, 0.05) is 12.1 Å². The minimum absolute atomic E-state index is 0.565. The van der Waals surface area contributed by atoms with Gasteiger partial charge in [-0.3, -0.25) is 0 Å². The lowest BCUT2D eigenvalue weighted by atomic mass is 10.2. The van der Waals surface area contributed by atoms with Crippen molar-refractivity contribution in [1.29, 1.82) is 0 Å². The molecule has 0 saturated carbocycles. The zero-order chi connectivity index (χ0) is 13.2. The lowest BCUT2D eigenvalue weighted by molar-refractivity contribution is 0.688. The van der Waals surface area contributed by atoms with Crippen LogP contribution in [0.4, 0.5) is 5.82 Å². The second-order valence-corrected chi connectivity index (χ2v) is 5.52. The molecule has 1 rings (SSSR count). The Morgan fingerprint density at radius 2 is 2.00 bits per heavy atom. The highest BCUT2D eigenvalue weighted by Crippen LogP contribution is 2.20. The predicted octanol–water partition coefficient (Wildman–Crippen LogP) is 4.03. The molecule has 1 aromatic heterocycles. The molecule has 0 saturated heterocycles. The number of aromatic nitrogens is 2. The van der Waals surface area contributed by atoms with Crippen molar-refractivity contribution in [2.24, 2.45) is 0 Å². The van der Waals surface area contributed by atoms with Crippen LogP contribution in [0.15, 0.2) is 6.33 Å². The summed E-state index contributed by atoms with van der Waals surface area (Å²) >= 11 is 7.95. The molecule has 0 amide bonds. The van der Waals surface area contributed by atoms with Crippen LogP contribution < -0.4 is 5.32 Å². The molecule has 18 heavy (non-hydrogen) atoms. The van der Waals surface area contributed by atoms with Crippen molar-refractivity contribution in [1.82, 2.24) is 9.97 Å². The largest absolute Gasteiger partial charge is 0.370 e. The smallest absolute Gasteiger partial charge is 0.137 e. The van der Waals surface area contributed by atoms with Gasteiger partial charge in [-0.25, -0.2) is 9.97 Å². The van der Waals surface area contributed by atoms with Crippen LogP contribution in [0.5, 0.6) is 0 Å². The molecule has 1 N–H and O–H groups in total. The van der Waals surface area contributed by atoms with Gasteiger partial charge in [0.15, 0.2) is 0 Å². The van der Waals surface area contributed by atoms with E-state index in [-0.39, 0.29) is 0 Å². The van der Waals surface area contributed by atoms with Crippen molar-refractivity contribution in [3.05, 3.63) is 17.0 Å². The molecule has 0 bridgehead atoms. The van der Waals surface area contributed by atoms with Crippen LogP contribution in [0.2, 0.25) is 5.15 Å². The van der Waals surface area contributed by atoms with Crippen LogP contribution in [0, 0.1) is 0 Å². The number of rotatable bonds is 9. The molecule has 102 valence electrons. The third kappa shape index (κ3) is 5.44. The van der Waals surface area contributed by atoms with Gasteiger partial charge in [0.25, 0.3) is 0 Å². The summed E-state index contributed by atoms with van der Waals surface area (Å²) in [5, 5.41) is 3.92. The Bertz CT molecular complexity index is 347. The third-order valence-electron chi connectivity index (χ3n) is 2.81. The van der Waals surface area contributed by atoms with Crippen LogP contribution in [-0.2, 0) is 6.42 Å². The lowest BCUT2D eigenvalue weighted by Crippen LogP contribution is -2.07. The molecule has 0 atom stereocenters. The average Bonchev–Trinajstić information content (AvgIpc) is 2.38. The topological polar surface area (TPSA) is 37.8 Å². The van der Waals surface area contributed by atoms with Crippen molar-refractivity contribution in [3.8, 4) is 0 Å². The summed E-state index contributed by atoms with van der Waals surface area (Å²) in [6.45, 7) is 3.03. The van der Waals surface area contributed by atoms with Gasteiger partial charge in [-0.2, -0.15) is 11.8 Å². The van der Waals surface area contributed by atoms with Crippen LogP contribution in [0.1, 0.15) is 38.2 Å². The van der Waals surface area contributed by atoms with E-state index in [1.54, 1.807) is 0 Å². The van der Waals surface area contributed by atoms with Gasteiger partial charge < -0.3 is 5.32 Å². The van der Waals surface area contributed by atoms with Crippen molar-refractivity contribution in [3.63, 3.8) is 0 Å². The molecule has 0 radical (unpaired) electrons. The number of anilines is 1. The molecule has 3 nitrogen and oxygen atoms in total. The molecule has 0 aliphatic carbocycles. The Kier molecular flexibility index (Phi) is 8.18. The number of hydrogen-bond acceptors (Lipinski definition) is 4. The molecule has 0 unspecified atom stereocenters. The fourth-order valence-corrected chi connectivity index (χ4v) is 2.55. The first-order valence-corrected chi connectivity index (χ1v) is 8.29. The van der Waals surface area contributed by atoms with E-state index < -0.39 is 0 Å². The number of thioether (sulfide) groups is 1. The fraction of sp³-hybridized carbons (Fsp3) is 0.692. The standard InChI is InChI=1S/C13H22ClN3S/c1-3-11-12(14)16-10-17-13(11)15-8-6-4-5-7-9-18-2/h10H,3-9H2,1-2H3,(H,15,16,17). The first-order chi connectivity index (χ1) is 8.79. The van der Waals surface area contributed by atoms with Crippen molar-refractivity contribution >= 4 is 29.2 Å². The number of unbranched alkanes of at least 4 members (excludes halogenated alkanes) is 3. The van der Waals surface area contributed by atoms with Crippen molar-refractivity contribution < 1.29 is 0 Å². The summed E-state index contributed by atoms with van der Waals surface area (Å²) in [5.74, 6) is 2.16. The Balaban J connectivity index is 2.25. The Morgan fingerprint density at radius 1 is 1.22 bits per heavy atom. The van der Waals surface area contributed by atoms with Crippen molar-refractivity contribution in [2.75, 3.05) is 23.9 Å². The third-order valence-corrected chi connectivity index (χ3v) is 3.84. The highest BCUT2D eigenvalue weighted by Gasteiger charge is 2.06. The monoisotopic (exact) mass is 287 g/mol. The quantitative estimate of drug-likeness (QED) is 0.550. The normalized spacial score (nSPS) is 10.6. The highest BCUT2D eigenvalue weighted by molar-refractivity contribution is 7.98. The maximum Gasteiger partial charge on any atom is 0.137 e. The second-order valence-electron chi connectivity index (χ2n) is 4.18. The van der Waals surface area contributed by atoms with Gasteiger partial charge in [-0.1, -0.05) is 31.4 Å². The van der Waals surface area contributed by atoms with Crippen molar-refractivity contribution in [2.45, 2.75) is 39.0 Å². The first kappa shape index (κ1) is 15.6. The molecule has 5 heteroatoms. The molecule has 0 fully saturated rings. The summed E-state index contributed by atoms with van der Waals surface area (Å²) < 4.78 is 0. The number of halogens is 1. The predicted molar refractivity (Wildman–Crippen MR) is 81.8 cm³/mol. The summed E-state index contributed by atoms with van der Waals surface area (Å²) in [5.41, 5.74) is 1.02. The van der Waals surface area contributed by atoms with E-state index in [0.29, 0.717) is 5.15 Å². The first-order valence-electron chi connectivity index (χ1n) is 6.51. The van der Waals surface area contributed by atoms with E-state index in [1.807, 2.05) is 11.8 Å². The second kappa shape index (κ2) is 9.45. The van der Waals surface area contributed by atoms with E-state index in [1.165, 1.54) is 37.8 Å². The molecular formula is C13H22ClN3S.